The highest BCUT2D eigenvalue weighted by Crippen LogP contribution is 2.36. The highest BCUT2D eigenvalue weighted by atomic mass is 16.6. The van der Waals surface area contributed by atoms with Crippen LogP contribution in [0.3, 0.4) is 0 Å². The Morgan fingerprint density at radius 3 is 2.55 bits per heavy atom. The number of aromatic nitrogens is 2. The lowest BCUT2D eigenvalue weighted by Crippen LogP contribution is -2.15. The summed E-state index contributed by atoms with van der Waals surface area (Å²) in [5.74, 6) is 2.04. The van der Waals surface area contributed by atoms with Crippen LogP contribution in [0.4, 0.5) is 5.82 Å². The van der Waals surface area contributed by atoms with Crippen LogP contribution >= 0.6 is 0 Å². The van der Waals surface area contributed by atoms with Gasteiger partial charge in [-0.05, 0) is 24.6 Å². The molecule has 2 heterocycles. The van der Waals surface area contributed by atoms with E-state index in [9.17, 15) is 0 Å². The average Bonchev–Trinajstić information content (AvgIpc) is 2.45. The molecule has 1 aromatic heterocycles. The van der Waals surface area contributed by atoms with Crippen molar-refractivity contribution in [2.75, 3.05) is 18.9 Å². The standard InChI is InChI=1S/C14H12N4O2/c1-8-4-11-12(20-3-2-19-11)6-10(8)14-17-9(7-15)5-13(16)18-14/h4-6H,2-3H2,1H3,(H2,16,17,18). The molecule has 2 aromatic rings. The Morgan fingerprint density at radius 1 is 1.15 bits per heavy atom. The van der Waals surface area contributed by atoms with Gasteiger partial charge in [0.15, 0.2) is 17.3 Å². The van der Waals surface area contributed by atoms with Crippen LogP contribution < -0.4 is 15.2 Å². The highest BCUT2D eigenvalue weighted by molar-refractivity contribution is 5.67. The van der Waals surface area contributed by atoms with Crippen LogP contribution in [0.15, 0.2) is 18.2 Å². The third-order valence-electron chi connectivity index (χ3n) is 2.99. The first-order chi connectivity index (χ1) is 9.67. The number of fused-ring (bicyclic) bond motifs is 1. The van der Waals surface area contributed by atoms with E-state index in [-0.39, 0.29) is 11.5 Å². The molecule has 1 aliphatic heterocycles. The summed E-state index contributed by atoms with van der Waals surface area (Å²) in [5, 5.41) is 8.95. The van der Waals surface area contributed by atoms with Crippen molar-refractivity contribution in [2.24, 2.45) is 0 Å². The summed E-state index contributed by atoms with van der Waals surface area (Å²) in [7, 11) is 0. The number of nitrogen functional groups attached to an aromatic ring is 1. The molecule has 1 aliphatic rings. The number of nitrogens with zero attached hydrogens (tertiary/aromatic N) is 3. The van der Waals surface area contributed by atoms with Crippen molar-refractivity contribution >= 4 is 5.82 Å². The Kier molecular flexibility index (Phi) is 2.88. The maximum atomic E-state index is 8.95. The van der Waals surface area contributed by atoms with E-state index in [0.29, 0.717) is 30.5 Å². The molecule has 0 saturated carbocycles. The van der Waals surface area contributed by atoms with E-state index in [1.54, 1.807) is 0 Å². The fraction of sp³-hybridized carbons (Fsp3) is 0.214. The summed E-state index contributed by atoms with van der Waals surface area (Å²) in [6.07, 6.45) is 0. The number of nitriles is 1. The zero-order valence-electron chi connectivity index (χ0n) is 10.9. The molecule has 0 atom stereocenters. The van der Waals surface area contributed by atoms with Gasteiger partial charge >= 0.3 is 0 Å². The normalized spacial score (nSPS) is 12.8. The van der Waals surface area contributed by atoms with Crippen molar-refractivity contribution in [3.05, 3.63) is 29.5 Å². The second kappa shape index (κ2) is 4.70. The van der Waals surface area contributed by atoms with Crippen LogP contribution in [0.5, 0.6) is 11.5 Å². The number of rotatable bonds is 1. The molecule has 1 aromatic carbocycles. The van der Waals surface area contributed by atoms with Crippen LogP contribution in [0.1, 0.15) is 11.3 Å². The van der Waals surface area contributed by atoms with Crippen molar-refractivity contribution in [1.82, 2.24) is 9.97 Å². The average molecular weight is 268 g/mol. The maximum absolute atomic E-state index is 8.95. The lowest BCUT2D eigenvalue weighted by atomic mass is 10.1. The lowest BCUT2D eigenvalue weighted by molar-refractivity contribution is 0.171. The van der Waals surface area contributed by atoms with Crippen LogP contribution in [0.2, 0.25) is 0 Å². The number of aryl methyl sites for hydroxylation is 1. The monoisotopic (exact) mass is 268 g/mol. The van der Waals surface area contributed by atoms with E-state index in [1.165, 1.54) is 6.07 Å². The third-order valence-corrected chi connectivity index (χ3v) is 2.99. The number of hydrogen-bond acceptors (Lipinski definition) is 6. The van der Waals surface area contributed by atoms with Gasteiger partial charge < -0.3 is 15.2 Å². The summed E-state index contributed by atoms with van der Waals surface area (Å²) in [4.78, 5) is 8.36. The fourth-order valence-corrected chi connectivity index (χ4v) is 2.08. The minimum absolute atomic E-state index is 0.238. The van der Waals surface area contributed by atoms with Crippen molar-refractivity contribution < 1.29 is 9.47 Å². The number of hydrogen-bond donors (Lipinski definition) is 1. The zero-order chi connectivity index (χ0) is 14.1. The van der Waals surface area contributed by atoms with Crippen LogP contribution in [0, 0.1) is 18.3 Å². The second-order valence-electron chi connectivity index (χ2n) is 4.42. The summed E-state index contributed by atoms with van der Waals surface area (Å²) < 4.78 is 11.1. The van der Waals surface area contributed by atoms with Gasteiger partial charge in [-0.2, -0.15) is 5.26 Å². The molecule has 100 valence electrons. The van der Waals surface area contributed by atoms with Gasteiger partial charge in [0.25, 0.3) is 0 Å². The molecule has 0 amide bonds. The van der Waals surface area contributed by atoms with Gasteiger partial charge in [-0.15, -0.1) is 0 Å². The van der Waals surface area contributed by atoms with Crippen molar-refractivity contribution in [1.29, 1.82) is 5.26 Å². The van der Waals surface area contributed by atoms with Crippen molar-refractivity contribution in [2.45, 2.75) is 6.92 Å². The second-order valence-corrected chi connectivity index (χ2v) is 4.42. The predicted octanol–water partition coefficient (Wildman–Crippen LogP) is 1.68. The Balaban J connectivity index is 2.15. The first-order valence-electron chi connectivity index (χ1n) is 6.12. The van der Waals surface area contributed by atoms with Crippen molar-refractivity contribution in [3.63, 3.8) is 0 Å². The Bertz CT molecular complexity index is 722. The highest BCUT2D eigenvalue weighted by Gasteiger charge is 2.17. The van der Waals surface area contributed by atoms with Crippen LogP contribution in [0.25, 0.3) is 11.4 Å². The molecule has 0 bridgehead atoms. The molecule has 3 rings (SSSR count). The van der Waals surface area contributed by atoms with E-state index < -0.39 is 0 Å². The van der Waals surface area contributed by atoms with Gasteiger partial charge in [0.1, 0.15) is 30.8 Å². The first kappa shape index (κ1) is 12.2. The first-order valence-corrected chi connectivity index (χ1v) is 6.12. The number of anilines is 1. The molecule has 0 fully saturated rings. The molecule has 0 aliphatic carbocycles. The summed E-state index contributed by atoms with van der Waals surface area (Å²) >= 11 is 0. The zero-order valence-corrected chi connectivity index (χ0v) is 10.9. The van der Waals surface area contributed by atoms with E-state index in [2.05, 4.69) is 9.97 Å². The minimum atomic E-state index is 0.238. The van der Waals surface area contributed by atoms with Gasteiger partial charge in [0.05, 0.1) is 0 Å². The van der Waals surface area contributed by atoms with Crippen molar-refractivity contribution in [3.8, 4) is 29.0 Å². The van der Waals surface area contributed by atoms with Gasteiger partial charge in [0.2, 0.25) is 0 Å². The number of nitrogens with two attached hydrogens (primary N) is 1. The topological polar surface area (TPSA) is 94.1 Å². The SMILES string of the molecule is Cc1cc2c(cc1-c1nc(N)cc(C#N)n1)OCCO2. The van der Waals surface area contributed by atoms with Gasteiger partial charge in [-0.25, -0.2) is 9.97 Å². The Morgan fingerprint density at radius 2 is 1.85 bits per heavy atom. The molecule has 0 radical (unpaired) electrons. The molecular formula is C14H12N4O2. The van der Waals surface area contributed by atoms with E-state index in [4.69, 9.17) is 20.5 Å². The summed E-state index contributed by atoms with van der Waals surface area (Å²) in [5.41, 5.74) is 7.65. The third kappa shape index (κ3) is 2.10. The minimum Gasteiger partial charge on any atom is -0.486 e. The molecule has 6 nitrogen and oxygen atoms in total. The predicted molar refractivity (Wildman–Crippen MR) is 72.3 cm³/mol. The molecule has 6 heteroatoms. The summed E-state index contributed by atoms with van der Waals surface area (Å²) in [6.45, 7) is 2.97. The molecule has 2 N–H and O–H groups in total. The van der Waals surface area contributed by atoms with Crippen LogP contribution in [-0.2, 0) is 0 Å². The molecule has 0 unspecified atom stereocenters. The fourth-order valence-electron chi connectivity index (χ4n) is 2.08. The Hall–Kier alpha value is -2.81. The Labute approximate surface area is 115 Å². The summed E-state index contributed by atoms with van der Waals surface area (Å²) in [6, 6.07) is 7.11. The largest absolute Gasteiger partial charge is 0.486 e. The number of benzene rings is 1. The quantitative estimate of drug-likeness (QED) is 0.845. The van der Waals surface area contributed by atoms with E-state index in [1.807, 2.05) is 25.1 Å². The molecular weight excluding hydrogens is 256 g/mol. The van der Waals surface area contributed by atoms with Gasteiger partial charge in [-0.3, -0.25) is 0 Å². The smallest absolute Gasteiger partial charge is 0.163 e. The van der Waals surface area contributed by atoms with Crippen LogP contribution in [-0.4, -0.2) is 23.2 Å². The lowest BCUT2D eigenvalue weighted by Gasteiger charge is -2.20. The van der Waals surface area contributed by atoms with Gasteiger partial charge in [0, 0.05) is 11.6 Å². The number of ether oxygens (including phenoxy) is 2. The molecule has 20 heavy (non-hydrogen) atoms. The van der Waals surface area contributed by atoms with Gasteiger partial charge in [-0.1, -0.05) is 0 Å². The maximum Gasteiger partial charge on any atom is 0.163 e. The molecule has 0 saturated heterocycles. The van der Waals surface area contributed by atoms with E-state index >= 15 is 0 Å². The van der Waals surface area contributed by atoms with E-state index in [0.717, 1.165) is 11.1 Å². The molecule has 0 spiro atoms.